The van der Waals surface area contributed by atoms with Crippen molar-refractivity contribution in [3.63, 3.8) is 0 Å². The number of fused-ring (bicyclic) bond motifs is 2. The van der Waals surface area contributed by atoms with Gasteiger partial charge in [0.05, 0.1) is 12.3 Å². The lowest BCUT2D eigenvalue weighted by Gasteiger charge is -2.44. The van der Waals surface area contributed by atoms with Gasteiger partial charge >= 0.3 is 0 Å². The lowest BCUT2D eigenvalue weighted by atomic mass is 9.83. The lowest BCUT2D eigenvalue weighted by Crippen LogP contribution is -2.52. The zero-order chi connectivity index (χ0) is 19.0. The minimum Gasteiger partial charge on any atom is -0.368 e. The second kappa shape index (κ2) is 8.22. The fraction of sp³-hybridized carbons (Fsp3) is 0.409. The van der Waals surface area contributed by atoms with Gasteiger partial charge in [-0.25, -0.2) is 9.97 Å². The average molecular weight is 413 g/mol. The molecule has 1 fully saturated rings. The maximum Gasteiger partial charge on any atom is 0.243 e. The summed E-state index contributed by atoms with van der Waals surface area (Å²) in [7, 11) is 0. The number of nitrogens with one attached hydrogen (secondary N) is 1. The molecular weight excluding hydrogens is 388 g/mol. The van der Waals surface area contributed by atoms with Crippen molar-refractivity contribution in [2.24, 2.45) is 0 Å². The van der Waals surface area contributed by atoms with E-state index in [2.05, 4.69) is 10.3 Å². The van der Waals surface area contributed by atoms with Crippen LogP contribution in [0.4, 0.5) is 0 Å². The first-order valence-corrected chi connectivity index (χ1v) is 10.00. The Morgan fingerprint density at radius 3 is 2.72 bits per heavy atom. The van der Waals surface area contributed by atoms with Crippen LogP contribution >= 0.6 is 12.4 Å². The summed E-state index contributed by atoms with van der Waals surface area (Å²) in [5.74, 6) is 0.898. The van der Waals surface area contributed by atoms with Crippen LogP contribution in [0.25, 0.3) is 11.4 Å². The van der Waals surface area contributed by atoms with Crippen LogP contribution in [0.2, 0.25) is 0 Å². The molecule has 1 saturated heterocycles. The van der Waals surface area contributed by atoms with Crippen LogP contribution in [0.1, 0.15) is 24.1 Å². The molecule has 1 spiro atoms. The number of hydrogen-bond donors (Lipinski definition) is 1. The number of carbonyl (C=O) groups excluding carboxylic acids is 1. The third kappa shape index (κ3) is 3.68. The summed E-state index contributed by atoms with van der Waals surface area (Å²) in [5.41, 5.74) is 2.79. The molecule has 2 aromatic rings. The molecule has 5 rings (SSSR count). The standard InChI is InChI=1S/C22H24N4O2.ClH/c27-21(18-7-4-11-23-18)26-12-9-22(10-13-26)19-17(8-14-28-22)15-24-20(25-19)16-5-2-1-3-6-16;/h1-7,15,18,23H,8-14H2;1H. The third-order valence-corrected chi connectivity index (χ3v) is 6.01. The highest BCUT2D eigenvalue weighted by Gasteiger charge is 2.44. The zero-order valence-corrected chi connectivity index (χ0v) is 17.0. The van der Waals surface area contributed by atoms with Gasteiger partial charge in [-0.3, -0.25) is 10.1 Å². The second-order valence-corrected chi connectivity index (χ2v) is 7.67. The van der Waals surface area contributed by atoms with E-state index in [1.807, 2.05) is 53.6 Å². The number of carbonyl (C=O) groups is 1. The van der Waals surface area contributed by atoms with Gasteiger partial charge < -0.3 is 9.64 Å². The molecule has 1 aromatic heterocycles. The highest BCUT2D eigenvalue weighted by molar-refractivity contribution is 5.85. The van der Waals surface area contributed by atoms with Crippen LogP contribution in [-0.4, -0.2) is 53.1 Å². The van der Waals surface area contributed by atoms with Crippen molar-refractivity contribution in [3.05, 3.63) is 59.9 Å². The Balaban J connectivity index is 0.00000205. The molecule has 1 aromatic carbocycles. The van der Waals surface area contributed by atoms with E-state index in [4.69, 9.17) is 9.72 Å². The Labute approximate surface area is 176 Å². The van der Waals surface area contributed by atoms with Gasteiger partial charge in [0, 0.05) is 31.4 Å². The molecule has 3 aliphatic rings. The van der Waals surface area contributed by atoms with E-state index in [9.17, 15) is 4.79 Å². The largest absolute Gasteiger partial charge is 0.368 e. The van der Waals surface area contributed by atoms with Crippen molar-refractivity contribution < 1.29 is 9.53 Å². The van der Waals surface area contributed by atoms with Gasteiger partial charge in [0.25, 0.3) is 0 Å². The van der Waals surface area contributed by atoms with Crippen LogP contribution < -0.4 is 5.32 Å². The van der Waals surface area contributed by atoms with Crippen molar-refractivity contribution in [2.45, 2.75) is 30.9 Å². The van der Waals surface area contributed by atoms with Gasteiger partial charge in [-0.15, -0.1) is 12.4 Å². The monoisotopic (exact) mass is 412 g/mol. The number of benzene rings is 1. The first kappa shape index (κ1) is 20.0. The number of likely N-dealkylation sites (tertiary alicyclic amines) is 1. The molecule has 0 radical (unpaired) electrons. The second-order valence-electron chi connectivity index (χ2n) is 7.67. The molecule has 0 aliphatic carbocycles. The molecule has 1 amide bonds. The van der Waals surface area contributed by atoms with Crippen molar-refractivity contribution >= 4 is 18.3 Å². The van der Waals surface area contributed by atoms with Crippen LogP contribution in [0.5, 0.6) is 0 Å². The Kier molecular flexibility index (Phi) is 5.67. The molecule has 1 atom stereocenters. The molecule has 1 N–H and O–H groups in total. The summed E-state index contributed by atoms with van der Waals surface area (Å²) in [5, 5.41) is 3.21. The van der Waals surface area contributed by atoms with Crippen LogP contribution in [0.15, 0.2) is 48.7 Å². The van der Waals surface area contributed by atoms with E-state index in [1.54, 1.807) is 0 Å². The van der Waals surface area contributed by atoms with E-state index >= 15 is 0 Å². The van der Waals surface area contributed by atoms with Gasteiger partial charge in [-0.2, -0.15) is 0 Å². The minimum atomic E-state index is -0.407. The molecule has 1 unspecified atom stereocenters. The number of nitrogens with zero attached hydrogens (tertiary/aromatic N) is 3. The van der Waals surface area contributed by atoms with E-state index in [0.29, 0.717) is 19.7 Å². The van der Waals surface area contributed by atoms with E-state index in [-0.39, 0.29) is 24.4 Å². The number of piperidine rings is 1. The summed E-state index contributed by atoms with van der Waals surface area (Å²) >= 11 is 0. The zero-order valence-electron chi connectivity index (χ0n) is 16.2. The fourth-order valence-corrected chi connectivity index (χ4v) is 4.44. The van der Waals surface area contributed by atoms with Gasteiger partial charge in [-0.1, -0.05) is 42.5 Å². The SMILES string of the molecule is Cl.O=C(C1C=CCN1)N1CCC2(CC1)OCCc1cnc(-c3ccccc3)nc12. The number of amides is 1. The smallest absolute Gasteiger partial charge is 0.243 e. The summed E-state index contributed by atoms with van der Waals surface area (Å²) in [4.78, 5) is 24.2. The van der Waals surface area contributed by atoms with Crippen LogP contribution in [-0.2, 0) is 21.6 Å². The van der Waals surface area contributed by atoms with Crippen molar-refractivity contribution in [1.29, 1.82) is 0 Å². The summed E-state index contributed by atoms with van der Waals surface area (Å²) < 4.78 is 6.32. The van der Waals surface area contributed by atoms with E-state index in [0.717, 1.165) is 42.9 Å². The molecule has 6 nitrogen and oxygen atoms in total. The van der Waals surface area contributed by atoms with Gasteiger partial charge in [0.15, 0.2) is 5.82 Å². The number of ether oxygens (including phenoxy) is 1. The van der Waals surface area contributed by atoms with Gasteiger partial charge in [0.1, 0.15) is 11.6 Å². The maximum atomic E-state index is 12.7. The van der Waals surface area contributed by atoms with Crippen molar-refractivity contribution in [3.8, 4) is 11.4 Å². The first-order valence-electron chi connectivity index (χ1n) is 10.00. The predicted molar refractivity (Wildman–Crippen MR) is 113 cm³/mol. The summed E-state index contributed by atoms with van der Waals surface area (Å²) in [6.07, 6.45) is 8.31. The van der Waals surface area contributed by atoms with E-state index < -0.39 is 5.60 Å². The van der Waals surface area contributed by atoms with Crippen molar-refractivity contribution in [1.82, 2.24) is 20.2 Å². The van der Waals surface area contributed by atoms with Crippen molar-refractivity contribution in [2.75, 3.05) is 26.2 Å². The van der Waals surface area contributed by atoms with Crippen LogP contribution in [0, 0.1) is 0 Å². The Morgan fingerprint density at radius 1 is 1.21 bits per heavy atom. The molecule has 3 aliphatic heterocycles. The van der Waals surface area contributed by atoms with Crippen LogP contribution in [0.3, 0.4) is 0 Å². The molecule has 152 valence electrons. The average Bonchev–Trinajstić information content (AvgIpc) is 3.30. The number of hydrogen-bond acceptors (Lipinski definition) is 5. The van der Waals surface area contributed by atoms with Gasteiger partial charge in [0.2, 0.25) is 5.91 Å². The summed E-state index contributed by atoms with van der Waals surface area (Å²) in [6.45, 7) is 2.83. The maximum absolute atomic E-state index is 12.7. The summed E-state index contributed by atoms with van der Waals surface area (Å²) in [6, 6.07) is 9.87. The quantitative estimate of drug-likeness (QED) is 0.767. The number of aromatic nitrogens is 2. The van der Waals surface area contributed by atoms with E-state index in [1.165, 1.54) is 5.56 Å². The highest BCUT2D eigenvalue weighted by Crippen LogP contribution is 2.41. The molecule has 0 saturated carbocycles. The Morgan fingerprint density at radius 2 is 2.00 bits per heavy atom. The first-order chi connectivity index (χ1) is 13.8. The fourth-order valence-electron chi connectivity index (χ4n) is 4.44. The molecule has 0 bridgehead atoms. The highest BCUT2D eigenvalue weighted by atomic mass is 35.5. The predicted octanol–water partition coefficient (Wildman–Crippen LogP) is 2.48. The Hall–Kier alpha value is -2.28. The molecule has 29 heavy (non-hydrogen) atoms. The molecule has 4 heterocycles. The lowest BCUT2D eigenvalue weighted by molar-refractivity contribution is -0.142. The Bertz CT molecular complexity index is 910. The normalized spacial score (nSPS) is 22.2. The number of halogens is 1. The van der Waals surface area contributed by atoms with Gasteiger partial charge in [-0.05, 0) is 24.8 Å². The molecular formula is C22H25ClN4O2. The number of rotatable bonds is 2. The molecule has 7 heteroatoms. The minimum absolute atomic E-state index is 0. The third-order valence-electron chi connectivity index (χ3n) is 6.01. The topological polar surface area (TPSA) is 67.4 Å².